The Morgan fingerprint density at radius 3 is 2.67 bits per heavy atom. The molecule has 0 spiro atoms. The average Bonchev–Trinajstić information content (AvgIpc) is 2.90. The number of hydrogen-bond donors (Lipinski definition) is 1. The van der Waals surface area contributed by atoms with Crippen LogP contribution >= 0.6 is 12.2 Å². The summed E-state index contributed by atoms with van der Waals surface area (Å²) in [4.78, 5) is 4.10. The number of hydrogen-bond acceptors (Lipinski definition) is 3. The Balaban J connectivity index is 2.08. The van der Waals surface area contributed by atoms with Crippen molar-refractivity contribution in [2.45, 2.75) is 13.0 Å². The molecule has 6 heteroatoms. The lowest BCUT2D eigenvalue weighted by Crippen LogP contribution is -2.09. The second kappa shape index (κ2) is 5.57. The summed E-state index contributed by atoms with van der Waals surface area (Å²) in [5.41, 5.74) is 1.83. The van der Waals surface area contributed by atoms with E-state index < -0.39 is 0 Å². The quantitative estimate of drug-likeness (QED) is 0.749. The number of aromatic amines is 1. The number of benzene rings is 1. The summed E-state index contributed by atoms with van der Waals surface area (Å²) in [6, 6.07) is 10.1. The van der Waals surface area contributed by atoms with E-state index in [4.69, 9.17) is 12.2 Å². The molecule has 3 aromatic rings. The third kappa shape index (κ3) is 2.62. The topological polar surface area (TPSA) is 46.5 Å². The highest BCUT2D eigenvalue weighted by atomic mass is 32.1. The van der Waals surface area contributed by atoms with Crippen molar-refractivity contribution in [2.75, 3.05) is 0 Å². The molecule has 0 amide bonds. The van der Waals surface area contributed by atoms with E-state index in [1.807, 2.05) is 23.6 Å². The number of pyridine rings is 1. The zero-order valence-electron chi connectivity index (χ0n) is 11.3. The van der Waals surface area contributed by atoms with Crippen molar-refractivity contribution < 1.29 is 4.39 Å². The van der Waals surface area contributed by atoms with Gasteiger partial charge >= 0.3 is 0 Å². The maximum absolute atomic E-state index is 13.1. The molecular formula is C15H13FN4S. The molecule has 2 aromatic heterocycles. The maximum atomic E-state index is 13.1. The van der Waals surface area contributed by atoms with Gasteiger partial charge in [0.05, 0.1) is 6.04 Å². The molecule has 0 saturated heterocycles. The van der Waals surface area contributed by atoms with Gasteiger partial charge in [-0.2, -0.15) is 5.10 Å². The van der Waals surface area contributed by atoms with Crippen molar-refractivity contribution in [3.63, 3.8) is 0 Å². The van der Waals surface area contributed by atoms with E-state index >= 15 is 0 Å². The number of H-pyrrole nitrogens is 1. The molecule has 0 aliphatic carbocycles. The van der Waals surface area contributed by atoms with Gasteiger partial charge in [0.1, 0.15) is 5.82 Å². The van der Waals surface area contributed by atoms with E-state index in [1.165, 1.54) is 12.1 Å². The summed E-state index contributed by atoms with van der Waals surface area (Å²) in [5, 5.41) is 7.09. The minimum absolute atomic E-state index is 0.0629. The summed E-state index contributed by atoms with van der Waals surface area (Å²) in [7, 11) is 0. The van der Waals surface area contributed by atoms with Crippen LogP contribution < -0.4 is 0 Å². The van der Waals surface area contributed by atoms with Gasteiger partial charge < -0.3 is 0 Å². The van der Waals surface area contributed by atoms with Crippen molar-refractivity contribution in [1.82, 2.24) is 19.7 Å². The molecule has 0 aliphatic rings. The van der Waals surface area contributed by atoms with Crippen LogP contribution in [0.4, 0.5) is 4.39 Å². The highest BCUT2D eigenvalue weighted by molar-refractivity contribution is 7.71. The standard InChI is InChI=1S/C15H13FN4S/c1-10(11-4-6-13(16)7-5-11)20-14(18-19-15(20)21)12-3-2-8-17-9-12/h2-10H,1H3,(H,19,21). The number of rotatable bonds is 3. The largest absolute Gasteiger partial charge is 0.293 e. The Bertz CT molecular complexity index is 793. The predicted molar refractivity (Wildman–Crippen MR) is 80.9 cm³/mol. The van der Waals surface area contributed by atoms with Crippen LogP contribution in [0.2, 0.25) is 0 Å². The summed E-state index contributed by atoms with van der Waals surface area (Å²) in [5.74, 6) is 0.458. The van der Waals surface area contributed by atoms with E-state index in [2.05, 4.69) is 15.2 Å². The van der Waals surface area contributed by atoms with Gasteiger partial charge in [-0.15, -0.1) is 0 Å². The molecule has 0 radical (unpaired) electrons. The first-order chi connectivity index (χ1) is 10.2. The third-order valence-corrected chi connectivity index (χ3v) is 3.65. The average molecular weight is 300 g/mol. The Morgan fingerprint density at radius 2 is 2.00 bits per heavy atom. The summed E-state index contributed by atoms with van der Waals surface area (Å²) in [6.45, 7) is 2.00. The highest BCUT2D eigenvalue weighted by Gasteiger charge is 2.16. The third-order valence-electron chi connectivity index (χ3n) is 3.36. The minimum Gasteiger partial charge on any atom is -0.293 e. The summed E-state index contributed by atoms with van der Waals surface area (Å²) >= 11 is 5.33. The molecule has 1 aromatic carbocycles. The fraction of sp³-hybridized carbons (Fsp3) is 0.133. The lowest BCUT2D eigenvalue weighted by atomic mass is 10.1. The molecule has 0 bridgehead atoms. The van der Waals surface area contributed by atoms with Crippen molar-refractivity contribution in [1.29, 1.82) is 0 Å². The lowest BCUT2D eigenvalue weighted by molar-refractivity contribution is 0.614. The Kier molecular flexibility index (Phi) is 3.62. The number of halogens is 1. The zero-order valence-corrected chi connectivity index (χ0v) is 12.1. The number of nitrogens with one attached hydrogen (secondary N) is 1. The molecule has 0 fully saturated rings. The number of aromatic nitrogens is 4. The number of nitrogens with zero attached hydrogens (tertiary/aromatic N) is 3. The van der Waals surface area contributed by atoms with Gasteiger partial charge in [-0.25, -0.2) is 4.39 Å². The second-order valence-electron chi connectivity index (χ2n) is 4.69. The molecule has 0 aliphatic heterocycles. The Hall–Kier alpha value is -2.34. The van der Waals surface area contributed by atoms with Crippen molar-refractivity contribution >= 4 is 12.2 Å². The van der Waals surface area contributed by atoms with Gasteiger partial charge in [0.25, 0.3) is 0 Å². The van der Waals surface area contributed by atoms with Crippen LogP contribution in [0.15, 0.2) is 48.8 Å². The van der Waals surface area contributed by atoms with E-state index in [0.29, 0.717) is 10.6 Å². The van der Waals surface area contributed by atoms with E-state index in [0.717, 1.165) is 11.1 Å². The fourth-order valence-electron chi connectivity index (χ4n) is 2.25. The molecule has 106 valence electrons. The van der Waals surface area contributed by atoms with Gasteiger partial charge in [-0.3, -0.25) is 14.6 Å². The highest BCUT2D eigenvalue weighted by Crippen LogP contribution is 2.25. The van der Waals surface area contributed by atoms with Gasteiger partial charge in [-0.1, -0.05) is 12.1 Å². The molecule has 1 atom stereocenters. The van der Waals surface area contributed by atoms with Gasteiger partial charge in [0.15, 0.2) is 10.6 Å². The monoisotopic (exact) mass is 300 g/mol. The van der Waals surface area contributed by atoms with Crippen LogP contribution in [0.1, 0.15) is 18.5 Å². The fourth-order valence-corrected chi connectivity index (χ4v) is 2.54. The van der Waals surface area contributed by atoms with Crippen LogP contribution in [-0.2, 0) is 0 Å². The van der Waals surface area contributed by atoms with Crippen LogP contribution in [0.25, 0.3) is 11.4 Å². The van der Waals surface area contributed by atoms with Crippen molar-refractivity contribution in [3.8, 4) is 11.4 Å². The molecule has 1 unspecified atom stereocenters. The van der Waals surface area contributed by atoms with Crippen LogP contribution in [0.3, 0.4) is 0 Å². The first-order valence-electron chi connectivity index (χ1n) is 6.49. The summed E-state index contributed by atoms with van der Waals surface area (Å²) < 4.78 is 15.5. The maximum Gasteiger partial charge on any atom is 0.196 e. The molecule has 2 heterocycles. The van der Waals surface area contributed by atoms with Crippen LogP contribution in [0, 0.1) is 10.6 Å². The zero-order chi connectivity index (χ0) is 14.8. The van der Waals surface area contributed by atoms with Gasteiger partial charge in [0.2, 0.25) is 0 Å². The summed E-state index contributed by atoms with van der Waals surface area (Å²) in [6.07, 6.45) is 3.44. The smallest absolute Gasteiger partial charge is 0.196 e. The SMILES string of the molecule is CC(c1ccc(F)cc1)n1c(-c2cccnc2)n[nH]c1=S. The first-order valence-corrected chi connectivity index (χ1v) is 6.90. The molecule has 4 nitrogen and oxygen atoms in total. The van der Waals surface area contributed by atoms with E-state index in [-0.39, 0.29) is 11.9 Å². The molecule has 0 saturated carbocycles. The van der Waals surface area contributed by atoms with Gasteiger partial charge in [0, 0.05) is 18.0 Å². The van der Waals surface area contributed by atoms with E-state index in [1.54, 1.807) is 24.5 Å². The Morgan fingerprint density at radius 1 is 1.24 bits per heavy atom. The van der Waals surface area contributed by atoms with E-state index in [9.17, 15) is 4.39 Å². The second-order valence-corrected chi connectivity index (χ2v) is 5.08. The van der Waals surface area contributed by atoms with Crippen molar-refractivity contribution in [2.24, 2.45) is 0 Å². The lowest BCUT2D eigenvalue weighted by Gasteiger charge is -2.16. The molecule has 21 heavy (non-hydrogen) atoms. The molecule has 3 rings (SSSR count). The van der Waals surface area contributed by atoms with Crippen LogP contribution in [-0.4, -0.2) is 19.7 Å². The van der Waals surface area contributed by atoms with Gasteiger partial charge in [-0.05, 0) is 49.0 Å². The first kappa shape index (κ1) is 13.6. The normalized spacial score (nSPS) is 12.3. The van der Waals surface area contributed by atoms with Crippen LogP contribution in [0.5, 0.6) is 0 Å². The molecule has 1 N–H and O–H groups in total. The predicted octanol–water partition coefficient (Wildman–Crippen LogP) is 3.75. The van der Waals surface area contributed by atoms with Crippen molar-refractivity contribution in [3.05, 3.63) is 64.9 Å². The molecular weight excluding hydrogens is 287 g/mol. The Labute approximate surface area is 126 Å². The minimum atomic E-state index is -0.255.